The number of anilines is 2. The molecule has 2 aliphatic rings. The lowest BCUT2D eigenvalue weighted by Crippen LogP contribution is -2.35. The highest BCUT2D eigenvalue weighted by atomic mass is 35.5. The number of halogens is 6. The van der Waals surface area contributed by atoms with E-state index in [1.54, 1.807) is 17.9 Å². The van der Waals surface area contributed by atoms with Gasteiger partial charge in [0, 0.05) is 31.4 Å². The molecule has 0 radical (unpaired) electrons. The van der Waals surface area contributed by atoms with Gasteiger partial charge in [-0.3, -0.25) is 4.79 Å². The molecule has 2 saturated carbocycles. The Balaban J connectivity index is 1.25. The fraction of sp³-hybridized carbons (Fsp3) is 0.440. The van der Waals surface area contributed by atoms with Crippen molar-refractivity contribution in [2.24, 2.45) is 18.9 Å². The van der Waals surface area contributed by atoms with Crippen molar-refractivity contribution in [1.82, 2.24) is 19.5 Å². The number of fused-ring (bicyclic) bond motifs is 1. The summed E-state index contributed by atoms with van der Waals surface area (Å²) >= 11 is 11.5. The minimum Gasteiger partial charge on any atom is -0.388 e. The van der Waals surface area contributed by atoms with Gasteiger partial charge in [0.1, 0.15) is 22.9 Å². The standard InChI is InChI=1S/C25H24Cl2F4N6O2/c1-37-11-34-19(20(37)22(38)35-15-2-3-18(28)17(26)6-15)12-4-13-7-24(39,8-14(13)5-12)10-33-21-16(25(29,30)31)9-32-23(27)36-21/h2-3,6,9,11-14,39H,4-5,7-8,10H2,1H3,(H,35,38)(H,32,33,36). The van der Waals surface area contributed by atoms with Crippen LogP contribution in [0.15, 0.2) is 30.7 Å². The Morgan fingerprint density at radius 3 is 2.54 bits per heavy atom. The molecule has 3 aromatic rings. The number of aliphatic hydroxyl groups is 1. The van der Waals surface area contributed by atoms with E-state index < -0.39 is 34.9 Å². The van der Waals surface area contributed by atoms with Crippen molar-refractivity contribution in [2.75, 3.05) is 17.2 Å². The van der Waals surface area contributed by atoms with Gasteiger partial charge < -0.3 is 20.3 Å². The second kappa shape index (κ2) is 10.2. The normalized spacial score (nSPS) is 24.6. The minimum atomic E-state index is -4.68. The van der Waals surface area contributed by atoms with Crippen molar-refractivity contribution >= 4 is 40.6 Å². The van der Waals surface area contributed by atoms with Crippen LogP contribution in [-0.2, 0) is 13.2 Å². The van der Waals surface area contributed by atoms with Gasteiger partial charge in [-0.15, -0.1) is 0 Å². The number of nitrogens with one attached hydrogen (secondary N) is 2. The Kier molecular flexibility index (Phi) is 7.23. The zero-order valence-corrected chi connectivity index (χ0v) is 22.1. The van der Waals surface area contributed by atoms with Crippen LogP contribution in [0.2, 0.25) is 10.3 Å². The molecule has 39 heavy (non-hydrogen) atoms. The maximum absolute atomic E-state index is 13.5. The van der Waals surface area contributed by atoms with Gasteiger partial charge in [-0.05, 0) is 67.3 Å². The quantitative estimate of drug-likeness (QED) is 0.254. The van der Waals surface area contributed by atoms with Crippen LogP contribution < -0.4 is 10.6 Å². The number of benzene rings is 1. The van der Waals surface area contributed by atoms with Crippen LogP contribution in [0.4, 0.5) is 29.1 Å². The lowest BCUT2D eigenvalue weighted by molar-refractivity contribution is -0.137. The number of aryl methyl sites for hydroxylation is 1. The van der Waals surface area contributed by atoms with Crippen LogP contribution in [0.3, 0.4) is 0 Å². The van der Waals surface area contributed by atoms with E-state index in [9.17, 15) is 27.5 Å². The van der Waals surface area contributed by atoms with E-state index in [4.69, 9.17) is 23.2 Å². The first-order valence-corrected chi connectivity index (χ1v) is 12.9. The van der Waals surface area contributed by atoms with E-state index in [1.807, 2.05) is 0 Å². The first-order chi connectivity index (χ1) is 18.3. The molecule has 208 valence electrons. The molecular weight excluding hydrogens is 563 g/mol. The van der Waals surface area contributed by atoms with Gasteiger partial charge in [0.25, 0.3) is 5.91 Å². The van der Waals surface area contributed by atoms with Crippen LogP contribution in [-0.4, -0.2) is 42.7 Å². The molecule has 3 N–H and O–H groups in total. The number of carbonyl (C=O) groups excluding carboxylic acids is 1. The summed E-state index contributed by atoms with van der Waals surface area (Å²) in [7, 11) is 1.71. The smallest absolute Gasteiger partial charge is 0.388 e. The van der Waals surface area contributed by atoms with Crippen molar-refractivity contribution in [3.8, 4) is 0 Å². The fourth-order valence-corrected chi connectivity index (χ4v) is 6.19. The second-order valence-corrected chi connectivity index (χ2v) is 11.0. The van der Waals surface area contributed by atoms with Gasteiger partial charge in [0.15, 0.2) is 0 Å². The molecule has 0 spiro atoms. The van der Waals surface area contributed by atoms with Crippen LogP contribution in [0, 0.1) is 17.7 Å². The number of nitrogens with zero attached hydrogens (tertiary/aromatic N) is 4. The van der Waals surface area contributed by atoms with Crippen LogP contribution in [0.5, 0.6) is 0 Å². The molecule has 8 nitrogen and oxygen atoms in total. The van der Waals surface area contributed by atoms with Gasteiger partial charge >= 0.3 is 6.18 Å². The average Bonchev–Trinajstić information content (AvgIpc) is 3.50. The third-order valence-corrected chi connectivity index (χ3v) is 7.99. The summed E-state index contributed by atoms with van der Waals surface area (Å²) in [6.45, 7) is -0.126. The van der Waals surface area contributed by atoms with E-state index >= 15 is 0 Å². The Hall–Kier alpha value is -2.96. The van der Waals surface area contributed by atoms with Crippen LogP contribution >= 0.6 is 23.2 Å². The summed E-state index contributed by atoms with van der Waals surface area (Å²) in [6, 6.07) is 3.91. The summed E-state index contributed by atoms with van der Waals surface area (Å²) in [6.07, 6.45) is -0.417. The molecule has 0 bridgehead atoms. The van der Waals surface area contributed by atoms with E-state index in [2.05, 4.69) is 25.6 Å². The Bertz CT molecular complexity index is 1400. The van der Waals surface area contributed by atoms with Gasteiger partial charge in [-0.2, -0.15) is 13.2 Å². The van der Waals surface area contributed by atoms with Gasteiger partial charge in [0.05, 0.1) is 22.6 Å². The summed E-state index contributed by atoms with van der Waals surface area (Å²) in [5.74, 6) is -1.30. The lowest BCUT2D eigenvalue weighted by Gasteiger charge is -2.26. The number of amides is 1. The maximum Gasteiger partial charge on any atom is 0.421 e. The molecule has 2 aromatic heterocycles. The molecule has 2 heterocycles. The summed E-state index contributed by atoms with van der Waals surface area (Å²) in [5, 5.41) is 16.1. The summed E-state index contributed by atoms with van der Waals surface area (Å²) in [4.78, 5) is 24.7. The SMILES string of the molecule is Cn1cnc(C2CC3CC(O)(CNc4nc(Cl)ncc4C(F)(F)F)CC3C2)c1C(=O)Nc1ccc(F)c(Cl)c1. The van der Waals surface area contributed by atoms with E-state index in [-0.39, 0.29) is 34.6 Å². The molecule has 2 unspecified atom stereocenters. The van der Waals surface area contributed by atoms with Crippen molar-refractivity contribution in [1.29, 1.82) is 0 Å². The van der Waals surface area contributed by atoms with Crippen molar-refractivity contribution < 1.29 is 27.5 Å². The molecule has 2 aliphatic carbocycles. The predicted molar refractivity (Wildman–Crippen MR) is 136 cm³/mol. The predicted octanol–water partition coefficient (Wildman–Crippen LogP) is 5.67. The minimum absolute atomic E-state index is 0.0335. The Labute approximate surface area is 230 Å². The highest BCUT2D eigenvalue weighted by molar-refractivity contribution is 6.31. The van der Waals surface area contributed by atoms with Crippen molar-refractivity contribution in [3.05, 3.63) is 63.8 Å². The number of alkyl halides is 3. The first kappa shape index (κ1) is 27.6. The third kappa shape index (κ3) is 5.68. The Morgan fingerprint density at radius 1 is 1.21 bits per heavy atom. The van der Waals surface area contributed by atoms with Gasteiger partial charge in [0.2, 0.25) is 5.28 Å². The van der Waals surface area contributed by atoms with E-state index in [1.165, 1.54) is 18.2 Å². The first-order valence-electron chi connectivity index (χ1n) is 12.2. The van der Waals surface area contributed by atoms with Crippen molar-refractivity contribution in [2.45, 2.75) is 43.4 Å². The molecule has 5 rings (SSSR count). The molecule has 14 heteroatoms. The second-order valence-electron chi connectivity index (χ2n) is 10.2. The van der Waals surface area contributed by atoms with Gasteiger partial charge in [-0.25, -0.2) is 19.3 Å². The number of rotatable bonds is 6. The van der Waals surface area contributed by atoms with Crippen molar-refractivity contribution in [3.63, 3.8) is 0 Å². The maximum atomic E-state index is 13.5. The molecular formula is C25H24Cl2F4N6O2. The number of hydrogen-bond donors (Lipinski definition) is 3. The summed E-state index contributed by atoms with van der Waals surface area (Å²) in [5.41, 5.74) is -0.940. The summed E-state index contributed by atoms with van der Waals surface area (Å²) < 4.78 is 55.1. The molecule has 0 saturated heterocycles. The number of hydrogen-bond acceptors (Lipinski definition) is 6. The van der Waals surface area contributed by atoms with E-state index in [0.717, 1.165) is 0 Å². The monoisotopic (exact) mass is 586 g/mol. The lowest BCUT2D eigenvalue weighted by atomic mass is 9.92. The molecule has 2 atom stereocenters. The largest absolute Gasteiger partial charge is 0.421 e. The van der Waals surface area contributed by atoms with Crippen LogP contribution in [0.25, 0.3) is 0 Å². The fourth-order valence-electron chi connectivity index (χ4n) is 5.88. The topological polar surface area (TPSA) is 105 Å². The molecule has 1 aromatic carbocycles. The highest BCUT2D eigenvalue weighted by Crippen LogP contribution is 2.54. The number of carbonyl (C=O) groups is 1. The highest BCUT2D eigenvalue weighted by Gasteiger charge is 2.50. The zero-order chi connectivity index (χ0) is 28.1. The third-order valence-electron chi connectivity index (χ3n) is 7.52. The molecule has 0 aliphatic heterocycles. The van der Waals surface area contributed by atoms with E-state index in [0.29, 0.717) is 49.0 Å². The zero-order valence-electron chi connectivity index (χ0n) is 20.6. The number of imidazole rings is 1. The average molecular weight is 587 g/mol. The molecule has 2 fully saturated rings. The van der Waals surface area contributed by atoms with Gasteiger partial charge in [-0.1, -0.05) is 11.6 Å². The Morgan fingerprint density at radius 2 is 1.90 bits per heavy atom. The molecule has 1 amide bonds. The van der Waals surface area contributed by atoms with Crippen LogP contribution in [0.1, 0.15) is 53.3 Å². The number of aromatic nitrogens is 4.